The summed E-state index contributed by atoms with van der Waals surface area (Å²) in [4.78, 5) is 0.221. The quantitative estimate of drug-likeness (QED) is 0.728. The average molecular weight is 392 g/mol. The van der Waals surface area contributed by atoms with E-state index in [1.807, 2.05) is 12.1 Å². The van der Waals surface area contributed by atoms with E-state index < -0.39 is 10.0 Å². The van der Waals surface area contributed by atoms with E-state index in [1.54, 1.807) is 58.9 Å². The van der Waals surface area contributed by atoms with Crippen LogP contribution in [0.25, 0.3) is 5.69 Å². The second-order valence-corrected chi connectivity index (χ2v) is 8.68. The zero-order valence-corrected chi connectivity index (χ0v) is 15.4. The molecule has 0 saturated heterocycles. The van der Waals surface area contributed by atoms with E-state index in [1.165, 1.54) is 0 Å². The molecule has 0 bridgehead atoms. The van der Waals surface area contributed by atoms with Crippen LogP contribution in [0.15, 0.2) is 59.5 Å². The number of nitrogens with zero attached hydrogens (tertiary/aromatic N) is 2. The maximum Gasteiger partial charge on any atom is 0.263 e. The molecule has 8 heteroatoms. The first-order valence-electron chi connectivity index (χ1n) is 7.57. The van der Waals surface area contributed by atoms with Crippen molar-refractivity contribution < 1.29 is 8.42 Å². The minimum atomic E-state index is -3.69. The van der Waals surface area contributed by atoms with Crippen LogP contribution in [0.5, 0.6) is 0 Å². The molecule has 0 fully saturated rings. The molecule has 2 aromatic carbocycles. The summed E-state index contributed by atoms with van der Waals surface area (Å²) in [6.07, 6.45) is 0. The SMILES string of the molecule is O=S(=O)(Nc1c2c(nn1-c1ccc(Cl)cc1)CSC2)c1ccccc1. The maximum absolute atomic E-state index is 12.8. The van der Waals surface area contributed by atoms with Crippen molar-refractivity contribution in [3.63, 3.8) is 0 Å². The van der Waals surface area contributed by atoms with Gasteiger partial charge in [-0.1, -0.05) is 29.8 Å². The van der Waals surface area contributed by atoms with Crippen molar-refractivity contribution in [1.82, 2.24) is 9.78 Å². The van der Waals surface area contributed by atoms with Gasteiger partial charge in [-0.05, 0) is 36.4 Å². The fourth-order valence-corrected chi connectivity index (χ4v) is 4.93. The molecule has 0 atom stereocenters. The molecule has 1 aliphatic rings. The molecule has 0 radical (unpaired) electrons. The molecule has 4 rings (SSSR count). The Hall–Kier alpha value is -1.96. The van der Waals surface area contributed by atoms with Gasteiger partial charge in [-0.15, -0.1) is 0 Å². The van der Waals surface area contributed by atoms with Crippen molar-refractivity contribution in [3.8, 4) is 5.69 Å². The number of anilines is 1. The van der Waals surface area contributed by atoms with Crippen LogP contribution in [-0.2, 0) is 21.5 Å². The van der Waals surface area contributed by atoms with Gasteiger partial charge in [0.2, 0.25) is 0 Å². The Bertz CT molecular complexity index is 1020. The highest BCUT2D eigenvalue weighted by Crippen LogP contribution is 2.37. The van der Waals surface area contributed by atoms with Crippen LogP contribution >= 0.6 is 23.4 Å². The van der Waals surface area contributed by atoms with Crippen LogP contribution in [0.1, 0.15) is 11.3 Å². The number of halogens is 1. The number of sulfonamides is 1. The number of thioether (sulfide) groups is 1. The van der Waals surface area contributed by atoms with Crippen LogP contribution < -0.4 is 4.72 Å². The average Bonchev–Trinajstić information content (AvgIpc) is 3.19. The van der Waals surface area contributed by atoms with Crippen molar-refractivity contribution in [2.45, 2.75) is 16.4 Å². The van der Waals surface area contributed by atoms with Gasteiger partial charge in [0.1, 0.15) is 5.82 Å². The lowest BCUT2D eigenvalue weighted by Crippen LogP contribution is -2.16. The lowest BCUT2D eigenvalue weighted by Gasteiger charge is -2.12. The highest BCUT2D eigenvalue weighted by atomic mass is 35.5. The Balaban J connectivity index is 1.80. The molecular formula is C17H14ClN3O2S2. The third-order valence-electron chi connectivity index (χ3n) is 3.91. The third-order valence-corrected chi connectivity index (χ3v) is 6.48. The number of fused-ring (bicyclic) bond motifs is 1. The van der Waals surface area contributed by atoms with E-state index in [-0.39, 0.29) is 4.90 Å². The molecule has 0 aliphatic carbocycles. The van der Waals surface area contributed by atoms with Crippen molar-refractivity contribution in [2.24, 2.45) is 0 Å². The minimum Gasteiger partial charge on any atom is -0.263 e. The van der Waals surface area contributed by atoms with Crippen LogP contribution in [0.4, 0.5) is 5.82 Å². The molecule has 1 aliphatic heterocycles. The van der Waals surface area contributed by atoms with E-state index in [4.69, 9.17) is 11.6 Å². The van der Waals surface area contributed by atoms with Crippen LogP contribution in [0.3, 0.4) is 0 Å². The number of aromatic nitrogens is 2. The lowest BCUT2D eigenvalue weighted by molar-refractivity contribution is 0.600. The standard InChI is InChI=1S/C17H14ClN3O2S2/c18-12-6-8-13(9-7-12)21-17(15-10-24-11-16(15)19-21)20-25(22,23)14-4-2-1-3-5-14/h1-9,20H,10-11H2. The summed E-state index contributed by atoms with van der Waals surface area (Å²) in [6, 6.07) is 15.5. The van der Waals surface area contributed by atoms with E-state index in [2.05, 4.69) is 9.82 Å². The Labute approximate surface area is 155 Å². The van der Waals surface area contributed by atoms with E-state index >= 15 is 0 Å². The molecule has 128 valence electrons. The smallest absolute Gasteiger partial charge is 0.263 e. The first-order chi connectivity index (χ1) is 12.0. The highest BCUT2D eigenvalue weighted by molar-refractivity contribution is 7.98. The normalized spacial score (nSPS) is 13.6. The van der Waals surface area contributed by atoms with Gasteiger partial charge in [-0.2, -0.15) is 16.9 Å². The van der Waals surface area contributed by atoms with E-state index in [0.717, 1.165) is 28.5 Å². The second-order valence-electron chi connectivity index (χ2n) is 5.57. The molecule has 1 N–H and O–H groups in total. The second kappa shape index (κ2) is 6.40. The molecule has 0 unspecified atom stereocenters. The summed E-state index contributed by atoms with van der Waals surface area (Å²) in [6.45, 7) is 0. The van der Waals surface area contributed by atoms with Crippen LogP contribution in [0.2, 0.25) is 5.02 Å². The van der Waals surface area contributed by atoms with Gasteiger partial charge in [0, 0.05) is 22.1 Å². The number of rotatable bonds is 4. The van der Waals surface area contributed by atoms with Gasteiger partial charge in [0.15, 0.2) is 0 Å². The Morgan fingerprint density at radius 3 is 2.48 bits per heavy atom. The number of hydrogen-bond acceptors (Lipinski definition) is 4. The van der Waals surface area contributed by atoms with Crippen molar-refractivity contribution >= 4 is 39.2 Å². The van der Waals surface area contributed by atoms with Crippen molar-refractivity contribution in [3.05, 3.63) is 70.9 Å². The molecule has 0 saturated carbocycles. The molecular weight excluding hydrogens is 378 g/mol. The van der Waals surface area contributed by atoms with E-state index in [9.17, 15) is 8.42 Å². The highest BCUT2D eigenvalue weighted by Gasteiger charge is 2.27. The number of benzene rings is 2. The lowest BCUT2D eigenvalue weighted by atomic mass is 10.3. The van der Waals surface area contributed by atoms with Crippen LogP contribution in [0, 0.1) is 0 Å². The summed E-state index contributed by atoms with van der Waals surface area (Å²) in [7, 11) is -3.69. The third kappa shape index (κ3) is 3.15. The van der Waals surface area contributed by atoms with Crippen molar-refractivity contribution in [1.29, 1.82) is 0 Å². The Kier molecular flexibility index (Phi) is 4.23. The van der Waals surface area contributed by atoms with Crippen molar-refractivity contribution in [2.75, 3.05) is 4.72 Å². The molecule has 3 aromatic rings. The molecule has 1 aromatic heterocycles. The van der Waals surface area contributed by atoms with Gasteiger partial charge in [-0.25, -0.2) is 13.1 Å². The predicted octanol–water partition coefficient (Wildman–Crippen LogP) is 4.07. The molecule has 2 heterocycles. The van der Waals surface area contributed by atoms with Crippen LogP contribution in [-0.4, -0.2) is 18.2 Å². The minimum absolute atomic E-state index is 0.221. The van der Waals surface area contributed by atoms with Gasteiger partial charge < -0.3 is 0 Å². The molecule has 0 spiro atoms. The molecule has 25 heavy (non-hydrogen) atoms. The fourth-order valence-electron chi connectivity index (χ4n) is 2.67. The Morgan fingerprint density at radius 2 is 1.76 bits per heavy atom. The van der Waals surface area contributed by atoms with E-state index in [0.29, 0.717) is 10.8 Å². The number of nitrogens with one attached hydrogen (secondary N) is 1. The van der Waals surface area contributed by atoms with Gasteiger partial charge >= 0.3 is 0 Å². The first kappa shape index (κ1) is 16.5. The largest absolute Gasteiger partial charge is 0.263 e. The number of hydrogen-bond donors (Lipinski definition) is 1. The molecule has 0 amide bonds. The summed E-state index contributed by atoms with van der Waals surface area (Å²) < 4.78 is 29.9. The topological polar surface area (TPSA) is 64.0 Å². The summed E-state index contributed by atoms with van der Waals surface area (Å²) in [5.41, 5.74) is 2.60. The predicted molar refractivity (Wildman–Crippen MR) is 101 cm³/mol. The van der Waals surface area contributed by atoms with Gasteiger partial charge in [0.25, 0.3) is 10.0 Å². The monoisotopic (exact) mass is 391 g/mol. The van der Waals surface area contributed by atoms with Gasteiger partial charge in [0.05, 0.1) is 16.3 Å². The fraction of sp³-hybridized carbons (Fsp3) is 0.118. The summed E-state index contributed by atoms with van der Waals surface area (Å²) in [5.74, 6) is 2.00. The molecule has 5 nitrogen and oxygen atoms in total. The Morgan fingerprint density at radius 1 is 1.04 bits per heavy atom. The first-order valence-corrected chi connectivity index (χ1v) is 10.6. The van der Waals surface area contributed by atoms with Gasteiger partial charge in [-0.3, -0.25) is 4.72 Å². The zero-order valence-electron chi connectivity index (χ0n) is 13.0. The maximum atomic E-state index is 12.8. The summed E-state index contributed by atoms with van der Waals surface area (Å²) >= 11 is 7.68. The zero-order chi connectivity index (χ0) is 17.4. The summed E-state index contributed by atoms with van der Waals surface area (Å²) in [5, 5.41) is 5.21.